The summed E-state index contributed by atoms with van der Waals surface area (Å²) in [6.45, 7) is 8.44. The number of aromatic nitrogens is 3. The second-order valence-corrected chi connectivity index (χ2v) is 6.89. The number of hydrogen-bond donors (Lipinski definition) is 1. The molecule has 2 saturated heterocycles. The van der Waals surface area contributed by atoms with Gasteiger partial charge in [0.1, 0.15) is 12.7 Å². The van der Waals surface area contributed by atoms with Gasteiger partial charge in [-0.1, -0.05) is 11.6 Å². The van der Waals surface area contributed by atoms with Crippen LogP contribution in [0.5, 0.6) is 0 Å². The predicted octanol–water partition coefficient (Wildman–Crippen LogP) is 2.26. The first kappa shape index (κ1) is 16.3. The highest BCUT2D eigenvalue weighted by molar-refractivity contribution is 5.21. The lowest BCUT2D eigenvalue weighted by Crippen LogP contribution is -2.44. The molecule has 0 aliphatic carbocycles. The van der Waals surface area contributed by atoms with Crippen LogP contribution in [-0.2, 0) is 4.74 Å². The summed E-state index contributed by atoms with van der Waals surface area (Å²) < 4.78 is 6.41. The van der Waals surface area contributed by atoms with Crippen molar-refractivity contribution in [2.75, 3.05) is 31.5 Å². The number of nitrogens with one attached hydrogen (secondary N) is 1. The topological polar surface area (TPSA) is 63.2 Å². The minimum absolute atomic E-state index is 0.104. The molecule has 0 amide bonds. The van der Waals surface area contributed by atoms with Gasteiger partial charge in [-0.05, 0) is 39.5 Å². The highest BCUT2D eigenvalue weighted by atomic mass is 16.5. The number of rotatable bonds is 5. The van der Waals surface area contributed by atoms with Crippen LogP contribution in [-0.4, -0.2) is 57.7 Å². The number of allylic oxidation sites excluding steroid dienone is 1. The van der Waals surface area contributed by atoms with Gasteiger partial charge in [-0.2, -0.15) is 0 Å². The zero-order valence-electron chi connectivity index (χ0n) is 14.2. The Morgan fingerprint density at radius 2 is 2.04 bits per heavy atom. The van der Waals surface area contributed by atoms with Crippen molar-refractivity contribution in [1.82, 2.24) is 19.9 Å². The Balaban J connectivity index is 1.44. The normalized spacial score (nSPS) is 23.8. The molecule has 3 rings (SSSR count). The maximum atomic E-state index is 6.41. The lowest BCUT2D eigenvalue weighted by atomic mass is 9.88. The molecule has 6 nitrogen and oxygen atoms in total. The van der Waals surface area contributed by atoms with Crippen LogP contribution in [0.1, 0.15) is 39.5 Å². The summed E-state index contributed by atoms with van der Waals surface area (Å²) in [4.78, 5) is 14.5. The Morgan fingerprint density at radius 3 is 2.74 bits per heavy atom. The van der Waals surface area contributed by atoms with Gasteiger partial charge in [0, 0.05) is 26.2 Å². The average Bonchev–Trinajstić information content (AvgIpc) is 2.96. The Kier molecular flexibility index (Phi) is 5.23. The SMILES string of the molecule is CC(C)=CCN1CCC2(CC[C@H](CNc3ncncn3)O2)CC1. The fourth-order valence-electron chi connectivity index (χ4n) is 3.40. The van der Waals surface area contributed by atoms with Gasteiger partial charge in [0.25, 0.3) is 0 Å². The van der Waals surface area contributed by atoms with Gasteiger partial charge < -0.3 is 10.1 Å². The lowest BCUT2D eigenvalue weighted by molar-refractivity contribution is -0.0715. The molecule has 1 atom stereocenters. The van der Waals surface area contributed by atoms with E-state index in [1.165, 1.54) is 24.6 Å². The summed E-state index contributed by atoms with van der Waals surface area (Å²) >= 11 is 0. The van der Waals surface area contributed by atoms with E-state index in [0.29, 0.717) is 5.95 Å². The fourth-order valence-corrected chi connectivity index (χ4v) is 3.40. The lowest BCUT2D eigenvalue weighted by Gasteiger charge is -2.39. The number of nitrogens with zero attached hydrogens (tertiary/aromatic N) is 4. The third kappa shape index (κ3) is 4.48. The summed E-state index contributed by atoms with van der Waals surface area (Å²) in [5.74, 6) is 0.626. The molecule has 126 valence electrons. The molecule has 3 heterocycles. The Hall–Kier alpha value is -1.53. The first-order chi connectivity index (χ1) is 11.2. The molecule has 1 spiro atoms. The second-order valence-electron chi connectivity index (χ2n) is 6.89. The first-order valence-corrected chi connectivity index (χ1v) is 8.55. The molecule has 2 fully saturated rings. The highest BCUT2D eigenvalue weighted by Gasteiger charge is 2.42. The monoisotopic (exact) mass is 317 g/mol. The Morgan fingerprint density at radius 1 is 1.30 bits per heavy atom. The summed E-state index contributed by atoms with van der Waals surface area (Å²) in [5.41, 5.74) is 1.50. The molecule has 1 aromatic rings. The van der Waals surface area contributed by atoms with Gasteiger partial charge in [-0.15, -0.1) is 0 Å². The molecule has 0 unspecified atom stereocenters. The minimum atomic E-state index is 0.104. The van der Waals surface area contributed by atoms with Gasteiger partial charge in [0.15, 0.2) is 0 Å². The van der Waals surface area contributed by atoms with Gasteiger partial charge in [-0.25, -0.2) is 15.0 Å². The van der Waals surface area contributed by atoms with E-state index in [1.807, 2.05) is 0 Å². The van der Waals surface area contributed by atoms with Crippen molar-refractivity contribution >= 4 is 5.95 Å². The van der Waals surface area contributed by atoms with Crippen LogP contribution in [0.2, 0.25) is 0 Å². The van der Waals surface area contributed by atoms with Crippen LogP contribution >= 0.6 is 0 Å². The van der Waals surface area contributed by atoms with Crippen molar-refractivity contribution in [3.63, 3.8) is 0 Å². The third-order valence-electron chi connectivity index (χ3n) is 4.84. The largest absolute Gasteiger partial charge is 0.370 e. The summed E-state index contributed by atoms with van der Waals surface area (Å²) in [6.07, 6.45) is 10.2. The van der Waals surface area contributed by atoms with Crippen LogP contribution in [0, 0.1) is 0 Å². The van der Waals surface area contributed by atoms with Crippen LogP contribution in [0.25, 0.3) is 0 Å². The van der Waals surface area contributed by atoms with Crippen molar-refractivity contribution in [2.45, 2.75) is 51.2 Å². The van der Waals surface area contributed by atoms with Crippen LogP contribution in [0.15, 0.2) is 24.3 Å². The van der Waals surface area contributed by atoms with E-state index in [-0.39, 0.29) is 11.7 Å². The molecule has 0 radical (unpaired) electrons. The van der Waals surface area contributed by atoms with Crippen LogP contribution in [0.4, 0.5) is 5.95 Å². The van der Waals surface area contributed by atoms with Crippen LogP contribution in [0.3, 0.4) is 0 Å². The van der Waals surface area contributed by atoms with E-state index in [9.17, 15) is 0 Å². The fraction of sp³-hybridized carbons (Fsp3) is 0.706. The van der Waals surface area contributed by atoms with Crippen molar-refractivity contribution in [2.24, 2.45) is 0 Å². The molecule has 1 N–H and O–H groups in total. The summed E-state index contributed by atoms with van der Waals surface area (Å²) in [6, 6.07) is 0. The van der Waals surface area contributed by atoms with Crippen molar-refractivity contribution < 1.29 is 4.74 Å². The zero-order valence-corrected chi connectivity index (χ0v) is 14.2. The molecule has 1 aromatic heterocycles. The minimum Gasteiger partial charge on any atom is -0.370 e. The van der Waals surface area contributed by atoms with Crippen molar-refractivity contribution in [1.29, 1.82) is 0 Å². The van der Waals surface area contributed by atoms with E-state index in [1.54, 1.807) is 0 Å². The third-order valence-corrected chi connectivity index (χ3v) is 4.84. The molecule has 2 aliphatic rings. The maximum absolute atomic E-state index is 6.41. The molecular formula is C17H27N5O. The van der Waals surface area contributed by atoms with E-state index < -0.39 is 0 Å². The molecule has 0 aromatic carbocycles. The smallest absolute Gasteiger partial charge is 0.225 e. The number of anilines is 1. The molecule has 6 heteroatoms. The van der Waals surface area contributed by atoms with Crippen LogP contribution < -0.4 is 5.32 Å². The average molecular weight is 317 g/mol. The Bertz CT molecular complexity index is 521. The van der Waals surface area contributed by atoms with E-state index >= 15 is 0 Å². The number of hydrogen-bond acceptors (Lipinski definition) is 6. The number of likely N-dealkylation sites (tertiary alicyclic amines) is 1. The number of ether oxygens (including phenoxy) is 1. The summed E-state index contributed by atoms with van der Waals surface area (Å²) in [5, 5.41) is 3.24. The quantitative estimate of drug-likeness (QED) is 0.841. The summed E-state index contributed by atoms with van der Waals surface area (Å²) in [7, 11) is 0. The highest BCUT2D eigenvalue weighted by Crippen LogP contribution is 2.38. The molecule has 0 saturated carbocycles. The van der Waals surface area contributed by atoms with E-state index in [0.717, 1.165) is 45.4 Å². The van der Waals surface area contributed by atoms with E-state index in [2.05, 4.69) is 45.1 Å². The molecular weight excluding hydrogens is 290 g/mol. The van der Waals surface area contributed by atoms with Crippen molar-refractivity contribution in [3.8, 4) is 0 Å². The predicted molar refractivity (Wildman–Crippen MR) is 90.3 cm³/mol. The molecule has 0 bridgehead atoms. The molecule has 23 heavy (non-hydrogen) atoms. The molecule has 2 aliphatic heterocycles. The van der Waals surface area contributed by atoms with E-state index in [4.69, 9.17) is 4.74 Å². The van der Waals surface area contributed by atoms with Gasteiger partial charge in [0.2, 0.25) is 5.95 Å². The zero-order chi connectivity index (χ0) is 16.1. The number of piperidine rings is 1. The van der Waals surface area contributed by atoms with Crippen molar-refractivity contribution in [3.05, 3.63) is 24.3 Å². The van der Waals surface area contributed by atoms with Gasteiger partial charge in [0.05, 0.1) is 11.7 Å². The Labute approximate surface area is 138 Å². The van der Waals surface area contributed by atoms with Gasteiger partial charge in [-0.3, -0.25) is 4.90 Å². The standard InChI is InChI=1S/C17H27N5O/c1-14(2)4-8-22-9-6-17(7-10-22)5-3-15(23-17)11-19-16-20-12-18-13-21-16/h4,12-13,15H,3,5-11H2,1-2H3,(H,18,19,20,21)/t15-/m1/s1. The van der Waals surface area contributed by atoms with Gasteiger partial charge >= 0.3 is 0 Å². The maximum Gasteiger partial charge on any atom is 0.225 e. The first-order valence-electron chi connectivity index (χ1n) is 8.55. The second kappa shape index (κ2) is 7.36.